The number of aromatic nitrogens is 4. The van der Waals surface area contributed by atoms with Crippen molar-refractivity contribution in [3.8, 4) is 16.4 Å². The van der Waals surface area contributed by atoms with Gasteiger partial charge in [-0.25, -0.2) is 9.67 Å². The van der Waals surface area contributed by atoms with E-state index in [9.17, 15) is 4.79 Å². The lowest BCUT2D eigenvalue weighted by atomic mass is 10.0. The van der Waals surface area contributed by atoms with Crippen molar-refractivity contribution in [3.63, 3.8) is 0 Å². The summed E-state index contributed by atoms with van der Waals surface area (Å²) in [6, 6.07) is 16.4. The molecule has 0 aliphatic carbocycles. The number of aryl methyl sites for hydroxylation is 3. The Labute approximate surface area is 192 Å². The standard InChI is InChI=1S/C25H27N5OS/c1-15-11-12-21(13-16(15)2)30-19(5)22(28-29-30)25-27-18(4)23(32-25)24(31)26-14-17(3)20-9-7-6-8-10-20/h6-13,17H,14H2,1-5H3,(H,26,31)/t17-/m0/s1. The predicted molar refractivity (Wildman–Crippen MR) is 129 cm³/mol. The number of carbonyl (C=O) groups is 1. The fourth-order valence-electron chi connectivity index (χ4n) is 3.56. The maximum Gasteiger partial charge on any atom is 0.263 e. The summed E-state index contributed by atoms with van der Waals surface area (Å²) in [7, 11) is 0. The Balaban J connectivity index is 1.53. The topological polar surface area (TPSA) is 72.7 Å². The summed E-state index contributed by atoms with van der Waals surface area (Å²) >= 11 is 1.36. The number of carbonyl (C=O) groups excluding carboxylic acids is 1. The van der Waals surface area contributed by atoms with Gasteiger partial charge in [-0.3, -0.25) is 4.79 Å². The molecule has 0 aliphatic heterocycles. The van der Waals surface area contributed by atoms with Gasteiger partial charge < -0.3 is 5.32 Å². The van der Waals surface area contributed by atoms with Crippen LogP contribution in [0.15, 0.2) is 48.5 Å². The van der Waals surface area contributed by atoms with Crippen molar-refractivity contribution in [3.05, 3.63) is 81.5 Å². The fourth-order valence-corrected chi connectivity index (χ4v) is 4.58. The Bertz CT molecular complexity index is 1260. The van der Waals surface area contributed by atoms with Crippen LogP contribution in [0.4, 0.5) is 0 Å². The number of benzene rings is 2. The summed E-state index contributed by atoms with van der Waals surface area (Å²) in [5.41, 5.74) is 6.90. The van der Waals surface area contributed by atoms with Crippen LogP contribution in [0.2, 0.25) is 0 Å². The first-order valence-electron chi connectivity index (χ1n) is 10.7. The van der Waals surface area contributed by atoms with E-state index in [1.54, 1.807) is 0 Å². The minimum Gasteiger partial charge on any atom is -0.351 e. The molecule has 0 fully saturated rings. The molecule has 0 unspecified atom stereocenters. The molecule has 2 aromatic carbocycles. The predicted octanol–water partition coefficient (Wildman–Crippen LogP) is 5.16. The maximum absolute atomic E-state index is 12.8. The van der Waals surface area contributed by atoms with Crippen molar-refractivity contribution >= 4 is 17.2 Å². The molecule has 6 nitrogen and oxygen atoms in total. The lowest BCUT2D eigenvalue weighted by molar-refractivity contribution is 0.0955. The third-order valence-corrected chi connectivity index (χ3v) is 6.94. The molecule has 2 heterocycles. The Morgan fingerprint density at radius 3 is 2.53 bits per heavy atom. The van der Waals surface area contributed by atoms with Gasteiger partial charge in [0, 0.05) is 6.54 Å². The van der Waals surface area contributed by atoms with Gasteiger partial charge in [0.15, 0.2) is 0 Å². The normalized spacial score (nSPS) is 12.0. The SMILES string of the molecule is Cc1ccc(-n2nnc(-c3nc(C)c(C(=O)NC[C@H](C)c4ccccc4)s3)c2C)cc1C. The van der Waals surface area contributed by atoms with Gasteiger partial charge in [-0.2, -0.15) is 0 Å². The quantitative estimate of drug-likeness (QED) is 0.445. The molecule has 4 aromatic rings. The van der Waals surface area contributed by atoms with Crippen molar-refractivity contribution in [1.29, 1.82) is 0 Å². The summed E-state index contributed by atoms with van der Waals surface area (Å²) in [6.45, 7) is 10.7. The van der Waals surface area contributed by atoms with Gasteiger partial charge in [0.25, 0.3) is 5.91 Å². The molecule has 0 aliphatic rings. The van der Waals surface area contributed by atoms with Gasteiger partial charge >= 0.3 is 0 Å². The molecular weight excluding hydrogens is 418 g/mol. The molecule has 164 valence electrons. The number of amides is 1. The molecule has 1 amide bonds. The Kier molecular flexibility index (Phi) is 6.19. The highest BCUT2D eigenvalue weighted by Gasteiger charge is 2.21. The van der Waals surface area contributed by atoms with Crippen LogP contribution in [0.5, 0.6) is 0 Å². The second-order valence-corrected chi connectivity index (χ2v) is 9.16. The highest BCUT2D eigenvalue weighted by Crippen LogP contribution is 2.30. The number of rotatable bonds is 6. The molecule has 2 aromatic heterocycles. The fraction of sp³-hybridized carbons (Fsp3) is 0.280. The largest absolute Gasteiger partial charge is 0.351 e. The number of hydrogen-bond donors (Lipinski definition) is 1. The van der Waals surface area contributed by atoms with Crippen molar-refractivity contribution in [2.75, 3.05) is 6.54 Å². The second kappa shape index (κ2) is 9.04. The van der Waals surface area contributed by atoms with Gasteiger partial charge in [-0.1, -0.05) is 48.5 Å². The zero-order chi connectivity index (χ0) is 22.8. The third-order valence-electron chi connectivity index (χ3n) is 5.77. The zero-order valence-electron chi connectivity index (χ0n) is 19.0. The van der Waals surface area contributed by atoms with Crippen LogP contribution in [0.3, 0.4) is 0 Å². The van der Waals surface area contributed by atoms with Gasteiger partial charge in [0.05, 0.1) is 17.1 Å². The van der Waals surface area contributed by atoms with Crippen molar-refractivity contribution in [2.24, 2.45) is 0 Å². The lowest BCUT2D eigenvalue weighted by Gasteiger charge is -2.12. The molecule has 32 heavy (non-hydrogen) atoms. The monoisotopic (exact) mass is 445 g/mol. The van der Waals surface area contributed by atoms with Gasteiger partial charge in [-0.15, -0.1) is 16.4 Å². The molecule has 0 spiro atoms. The highest BCUT2D eigenvalue weighted by molar-refractivity contribution is 7.17. The average molecular weight is 446 g/mol. The minimum absolute atomic E-state index is 0.103. The van der Waals surface area contributed by atoms with Crippen LogP contribution in [0.25, 0.3) is 16.4 Å². The summed E-state index contributed by atoms with van der Waals surface area (Å²) in [6.07, 6.45) is 0. The van der Waals surface area contributed by atoms with Crippen LogP contribution in [-0.2, 0) is 0 Å². The first kappa shape index (κ1) is 21.9. The summed E-state index contributed by atoms with van der Waals surface area (Å²) in [5.74, 6) is 0.126. The van der Waals surface area contributed by atoms with Gasteiger partial charge in [0.2, 0.25) is 0 Å². The Morgan fingerprint density at radius 1 is 1.06 bits per heavy atom. The van der Waals surface area contributed by atoms with Gasteiger partial charge in [-0.05, 0) is 62.4 Å². The summed E-state index contributed by atoms with van der Waals surface area (Å²) in [5, 5.41) is 12.5. The lowest BCUT2D eigenvalue weighted by Crippen LogP contribution is -2.27. The molecule has 0 bridgehead atoms. The van der Waals surface area contributed by atoms with Gasteiger partial charge in [0.1, 0.15) is 15.6 Å². The Hall–Kier alpha value is -3.32. The molecule has 1 N–H and O–H groups in total. The number of nitrogens with zero attached hydrogens (tertiary/aromatic N) is 4. The number of thiazole rings is 1. The molecule has 1 atom stereocenters. The molecule has 0 saturated heterocycles. The highest BCUT2D eigenvalue weighted by atomic mass is 32.1. The molecule has 7 heteroatoms. The second-order valence-electron chi connectivity index (χ2n) is 8.16. The molecule has 0 radical (unpaired) electrons. The van der Waals surface area contributed by atoms with E-state index in [1.165, 1.54) is 28.0 Å². The van der Waals surface area contributed by atoms with Crippen molar-refractivity contribution in [2.45, 2.75) is 40.5 Å². The summed E-state index contributed by atoms with van der Waals surface area (Å²) in [4.78, 5) is 18.1. The first-order valence-corrected chi connectivity index (χ1v) is 11.5. The summed E-state index contributed by atoms with van der Waals surface area (Å²) < 4.78 is 1.82. The third kappa shape index (κ3) is 4.34. The molecule has 0 saturated carbocycles. The molecule has 4 rings (SSSR count). The van der Waals surface area contributed by atoms with Crippen LogP contribution < -0.4 is 5.32 Å². The van der Waals surface area contributed by atoms with E-state index < -0.39 is 0 Å². The minimum atomic E-state index is -0.103. The maximum atomic E-state index is 12.8. The van der Waals surface area contributed by atoms with Crippen molar-refractivity contribution < 1.29 is 4.79 Å². The van der Waals surface area contributed by atoms with E-state index in [0.717, 1.165) is 11.4 Å². The number of hydrogen-bond acceptors (Lipinski definition) is 5. The zero-order valence-corrected chi connectivity index (χ0v) is 19.8. The smallest absolute Gasteiger partial charge is 0.263 e. The van der Waals surface area contributed by atoms with E-state index in [-0.39, 0.29) is 11.8 Å². The van der Waals surface area contributed by atoms with Crippen LogP contribution in [-0.4, -0.2) is 32.4 Å². The first-order chi connectivity index (χ1) is 15.3. The number of nitrogens with one attached hydrogen (secondary N) is 1. The molecular formula is C25H27N5OS. The van der Waals surface area contributed by atoms with Crippen LogP contribution in [0, 0.1) is 27.7 Å². The van der Waals surface area contributed by atoms with E-state index >= 15 is 0 Å². The van der Waals surface area contributed by atoms with Crippen LogP contribution in [0.1, 0.15) is 50.6 Å². The van der Waals surface area contributed by atoms with E-state index in [1.807, 2.05) is 42.8 Å². The van der Waals surface area contributed by atoms with E-state index in [0.29, 0.717) is 27.8 Å². The Morgan fingerprint density at radius 2 is 1.81 bits per heavy atom. The average Bonchev–Trinajstić information content (AvgIpc) is 3.36. The van der Waals surface area contributed by atoms with E-state index in [4.69, 9.17) is 0 Å². The van der Waals surface area contributed by atoms with Crippen molar-refractivity contribution in [1.82, 2.24) is 25.3 Å². The van der Waals surface area contributed by atoms with Crippen LogP contribution >= 0.6 is 11.3 Å². The van der Waals surface area contributed by atoms with E-state index in [2.05, 4.69) is 65.6 Å².